The molecular weight excluding hydrogens is 200 g/mol. The summed E-state index contributed by atoms with van der Waals surface area (Å²) >= 11 is 0. The number of piperidine rings is 1. The van der Waals surface area contributed by atoms with E-state index in [2.05, 4.69) is 41.5 Å². The molecule has 16 heavy (non-hydrogen) atoms. The van der Waals surface area contributed by atoms with Gasteiger partial charge in [-0.15, -0.1) is 0 Å². The van der Waals surface area contributed by atoms with Crippen molar-refractivity contribution >= 4 is 0 Å². The van der Waals surface area contributed by atoms with Crippen molar-refractivity contribution in [2.75, 3.05) is 20.1 Å². The third kappa shape index (κ3) is 2.82. The fraction of sp³-hybridized carbons (Fsp3) is 0.538. The number of aliphatic hydroxyl groups is 1. The molecule has 0 unspecified atom stereocenters. The Kier molecular flexibility index (Phi) is 3.93. The average Bonchev–Trinajstić information content (AvgIpc) is 2.31. The summed E-state index contributed by atoms with van der Waals surface area (Å²) in [4.78, 5) is 2.25. The lowest BCUT2D eigenvalue weighted by molar-refractivity contribution is 0.0385. The zero-order valence-corrected chi connectivity index (χ0v) is 9.76. The summed E-state index contributed by atoms with van der Waals surface area (Å²) < 4.78 is 0. The van der Waals surface area contributed by atoms with Crippen molar-refractivity contribution < 1.29 is 5.11 Å². The number of nitrogens with zero attached hydrogens (tertiary/aromatic N) is 1. The lowest BCUT2D eigenvalue weighted by Gasteiger charge is -2.35. The number of rotatable bonds is 3. The van der Waals surface area contributed by atoms with Gasteiger partial charge in [0.2, 0.25) is 0 Å². The monoisotopic (exact) mass is 220 g/mol. The van der Waals surface area contributed by atoms with Crippen LogP contribution in [0.5, 0.6) is 0 Å². The van der Waals surface area contributed by atoms with Crippen LogP contribution in [0.2, 0.25) is 0 Å². The highest BCUT2D eigenvalue weighted by Crippen LogP contribution is 2.13. The highest BCUT2D eigenvalue weighted by Gasteiger charge is 2.26. The molecule has 2 N–H and O–H groups in total. The quantitative estimate of drug-likeness (QED) is 0.792. The van der Waals surface area contributed by atoms with Crippen molar-refractivity contribution in [2.45, 2.75) is 25.1 Å². The SMILES string of the molecule is CN(Cc1ccccc1)[C@@H]1CCNC[C@H]1O. The van der Waals surface area contributed by atoms with Crippen LogP contribution in [0.1, 0.15) is 12.0 Å². The fourth-order valence-corrected chi connectivity index (χ4v) is 2.33. The summed E-state index contributed by atoms with van der Waals surface area (Å²) in [5, 5.41) is 13.1. The van der Waals surface area contributed by atoms with Crippen LogP contribution in [-0.2, 0) is 6.54 Å². The lowest BCUT2D eigenvalue weighted by atomic mass is 10.0. The van der Waals surface area contributed by atoms with Crippen LogP contribution in [0.3, 0.4) is 0 Å². The molecule has 1 heterocycles. The Labute approximate surface area is 97.1 Å². The molecule has 1 aromatic carbocycles. The molecule has 3 heteroatoms. The van der Waals surface area contributed by atoms with E-state index in [1.54, 1.807) is 0 Å². The van der Waals surface area contributed by atoms with Crippen molar-refractivity contribution in [1.29, 1.82) is 0 Å². The highest BCUT2D eigenvalue weighted by molar-refractivity contribution is 5.14. The Morgan fingerprint density at radius 3 is 2.81 bits per heavy atom. The Morgan fingerprint density at radius 2 is 2.12 bits per heavy atom. The molecule has 0 radical (unpaired) electrons. The number of β-amino-alcohol motifs (C(OH)–C–C–N with tert-alkyl or cyclic N) is 1. The average molecular weight is 220 g/mol. The summed E-state index contributed by atoms with van der Waals surface area (Å²) in [6, 6.07) is 10.7. The van der Waals surface area contributed by atoms with Gasteiger partial charge in [-0.05, 0) is 25.6 Å². The van der Waals surface area contributed by atoms with Gasteiger partial charge >= 0.3 is 0 Å². The Morgan fingerprint density at radius 1 is 1.38 bits per heavy atom. The van der Waals surface area contributed by atoms with Crippen molar-refractivity contribution in [2.24, 2.45) is 0 Å². The second kappa shape index (κ2) is 5.43. The molecule has 0 spiro atoms. The number of likely N-dealkylation sites (N-methyl/N-ethyl adjacent to an activating group) is 1. The molecule has 1 saturated heterocycles. The molecule has 1 aliphatic heterocycles. The van der Waals surface area contributed by atoms with Gasteiger partial charge in [-0.2, -0.15) is 0 Å². The second-order valence-corrected chi connectivity index (χ2v) is 4.53. The lowest BCUT2D eigenvalue weighted by Crippen LogP contribution is -2.51. The molecular formula is C13H20N2O. The van der Waals surface area contributed by atoms with Crippen molar-refractivity contribution in [3.8, 4) is 0 Å². The number of benzene rings is 1. The van der Waals surface area contributed by atoms with E-state index in [1.165, 1.54) is 5.56 Å². The number of aliphatic hydroxyl groups excluding tert-OH is 1. The molecule has 0 saturated carbocycles. The first-order chi connectivity index (χ1) is 7.77. The van der Waals surface area contributed by atoms with Crippen LogP contribution in [0.15, 0.2) is 30.3 Å². The predicted octanol–water partition coefficient (Wildman–Crippen LogP) is 0.841. The second-order valence-electron chi connectivity index (χ2n) is 4.53. The van der Waals surface area contributed by atoms with E-state index in [4.69, 9.17) is 0 Å². The first-order valence-corrected chi connectivity index (χ1v) is 5.90. The molecule has 0 aliphatic carbocycles. The van der Waals surface area contributed by atoms with Crippen LogP contribution >= 0.6 is 0 Å². The van der Waals surface area contributed by atoms with Gasteiger partial charge in [0.25, 0.3) is 0 Å². The van der Waals surface area contributed by atoms with E-state index in [0.29, 0.717) is 6.54 Å². The largest absolute Gasteiger partial charge is 0.390 e. The van der Waals surface area contributed by atoms with Gasteiger partial charge < -0.3 is 10.4 Å². The number of hydrogen-bond acceptors (Lipinski definition) is 3. The van der Waals surface area contributed by atoms with Gasteiger partial charge in [0.05, 0.1) is 6.10 Å². The maximum Gasteiger partial charge on any atom is 0.0819 e. The van der Waals surface area contributed by atoms with Crippen molar-refractivity contribution in [3.05, 3.63) is 35.9 Å². The predicted molar refractivity (Wildman–Crippen MR) is 65.2 cm³/mol. The van der Waals surface area contributed by atoms with E-state index in [-0.39, 0.29) is 12.1 Å². The first-order valence-electron chi connectivity index (χ1n) is 5.90. The summed E-state index contributed by atoms with van der Waals surface area (Å²) in [6.45, 7) is 2.62. The van der Waals surface area contributed by atoms with E-state index >= 15 is 0 Å². The number of hydrogen-bond donors (Lipinski definition) is 2. The van der Waals surface area contributed by atoms with Crippen LogP contribution in [0.4, 0.5) is 0 Å². The fourth-order valence-electron chi connectivity index (χ4n) is 2.33. The first kappa shape index (κ1) is 11.6. The zero-order valence-electron chi connectivity index (χ0n) is 9.76. The van der Waals surface area contributed by atoms with Gasteiger partial charge in [-0.25, -0.2) is 0 Å². The number of nitrogens with one attached hydrogen (secondary N) is 1. The van der Waals surface area contributed by atoms with E-state index in [9.17, 15) is 5.11 Å². The van der Waals surface area contributed by atoms with Gasteiger partial charge in [0, 0.05) is 19.1 Å². The molecule has 2 atom stereocenters. The standard InChI is InChI=1S/C13H20N2O/c1-15(10-11-5-3-2-4-6-11)12-7-8-14-9-13(12)16/h2-6,12-14,16H,7-10H2,1H3/t12-,13-/m1/s1. The van der Waals surface area contributed by atoms with Crippen molar-refractivity contribution in [1.82, 2.24) is 10.2 Å². The molecule has 0 amide bonds. The Bertz CT molecular complexity index is 315. The molecule has 1 aromatic rings. The third-order valence-corrected chi connectivity index (χ3v) is 3.26. The summed E-state index contributed by atoms with van der Waals surface area (Å²) in [6.07, 6.45) is 0.771. The molecule has 0 bridgehead atoms. The normalized spacial score (nSPS) is 25.9. The highest BCUT2D eigenvalue weighted by atomic mass is 16.3. The van der Waals surface area contributed by atoms with Crippen molar-refractivity contribution in [3.63, 3.8) is 0 Å². The van der Waals surface area contributed by atoms with E-state index in [0.717, 1.165) is 19.5 Å². The summed E-state index contributed by atoms with van der Waals surface area (Å²) in [5.74, 6) is 0. The van der Waals surface area contributed by atoms with Gasteiger partial charge in [-0.3, -0.25) is 4.90 Å². The maximum absolute atomic E-state index is 9.91. The molecule has 1 aliphatic rings. The topological polar surface area (TPSA) is 35.5 Å². The third-order valence-electron chi connectivity index (χ3n) is 3.26. The molecule has 1 fully saturated rings. The van der Waals surface area contributed by atoms with E-state index in [1.807, 2.05) is 6.07 Å². The Hall–Kier alpha value is -0.900. The maximum atomic E-state index is 9.91. The van der Waals surface area contributed by atoms with Crippen LogP contribution in [-0.4, -0.2) is 42.3 Å². The zero-order chi connectivity index (χ0) is 11.4. The van der Waals surface area contributed by atoms with Gasteiger partial charge in [-0.1, -0.05) is 30.3 Å². The minimum absolute atomic E-state index is 0.248. The minimum Gasteiger partial charge on any atom is -0.390 e. The van der Waals surface area contributed by atoms with Gasteiger partial charge in [0.15, 0.2) is 0 Å². The van der Waals surface area contributed by atoms with Gasteiger partial charge in [0.1, 0.15) is 0 Å². The molecule has 2 rings (SSSR count). The van der Waals surface area contributed by atoms with Crippen LogP contribution < -0.4 is 5.32 Å². The smallest absolute Gasteiger partial charge is 0.0819 e. The summed E-state index contributed by atoms with van der Waals surface area (Å²) in [7, 11) is 2.09. The molecule has 3 nitrogen and oxygen atoms in total. The molecule has 88 valence electrons. The molecule has 0 aromatic heterocycles. The van der Waals surface area contributed by atoms with Crippen LogP contribution in [0.25, 0.3) is 0 Å². The minimum atomic E-state index is -0.248. The Balaban J connectivity index is 1.94. The summed E-state index contributed by atoms with van der Waals surface area (Å²) in [5.41, 5.74) is 1.30. The van der Waals surface area contributed by atoms with Crippen LogP contribution in [0, 0.1) is 0 Å². The van der Waals surface area contributed by atoms with E-state index < -0.39 is 0 Å².